The number of β-amino-alcohol motifs (C(OH)–C–C–N with tert-alkyl or cyclic N) is 1. The lowest BCUT2D eigenvalue weighted by molar-refractivity contribution is -0.646. The number of aromatic nitrogens is 1. The van der Waals surface area contributed by atoms with Gasteiger partial charge in [-0.2, -0.15) is 9.04 Å². The van der Waals surface area contributed by atoms with Crippen molar-refractivity contribution in [1.29, 1.82) is 0 Å². The number of sulfonamides is 1. The molecule has 2 atom stereocenters. The second kappa shape index (κ2) is 8.79. The summed E-state index contributed by atoms with van der Waals surface area (Å²) in [6.07, 6.45) is 2.19. The van der Waals surface area contributed by atoms with E-state index in [1.165, 1.54) is 18.2 Å². The first-order valence-electron chi connectivity index (χ1n) is 8.87. The second-order valence-electron chi connectivity index (χ2n) is 7.04. The lowest BCUT2D eigenvalue weighted by atomic mass is 10.0. The van der Waals surface area contributed by atoms with Crippen LogP contribution in [-0.2, 0) is 14.8 Å². The van der Waals surface area contributed by atoms with Crippen molar-refractivity contribution in [2.45, 2.75) is 56.7 Å². The fraction of sp³-hybridized carbons (Fsp3) is 0.647. The molecule has 0 radical (unpaired) electrons. The number of rotatable bonds is 6. The summed E-state index contributed by atoms with van der Waals surface area (Å²) in [6, 6.07) is 3.68. The van der Waals surface area contributed by atoms with E-state index < -0.39 is 22.2 Å². The molecule has 0 saturated carbocycles. The molecule has 1 aromatic rings. The Morgan fingerprint density at radius 1 is 1.46 bits per heavy atom. The van der Waals surface area contributed by atoms with Gasteiger partial charge in [-0.15, -0.1) is 0 Å². The van der Waals surface area contributed by atoms with E-state index in [4.69, 9.17) is 0 Å². The summed E-state index contributed by atoms with van der Waals surface area (Å²) in [4.78, 5) is 12.0. The molecule has 2 heterocycles. The van der Waals surface area contributed by atoms with Gasteiger partial charge in [0.15, 0.2) is 6.20 Å². The van der Waals surface area contributed by atoms with Crippen molar-refractivity contribution in [3.8, 4) is 0 Å². The van der Waals surface area contributed by atoms with Crippen LogP contribution in [0.5, 0.6) is 0 Å². The second-order valence-corrected chi connectivity index (χ2v) is 8.93. The Balaban J connectivity index is 2.06. The predicted octanol–water partition coefficient (Wildman–Crippen LogP) is 0.386. The molecular weight excluding hydrogens is 358 g/mol. The van der Waals surface area contributed by atoms with Gasteiger partial charge in [0.05, 0.1) is 12.1 Å². The minimum absolute atomic E-state index is 0.139. The Labute approximate surface area is 154 Å². The van der Waals surface area contributed by atoms with Crippen LogP contribution in [0, 0.1) is 11.1 Å². The highest BCUT2D eigenvalue weighted by Crippen LogP contribution is 2.19. The van der Waals surface area contributed by atoms with Crippen molar-refractivity contribution in [2.24, 2.45) is 5.92 Å². The van der Waals surface area contributed by atoms with Crippen molar-refractivity contribution in [3.05, 3.63) is 29.6 Å². The SMILES string of the molecule is CC(C)CCC(=O)NC1CCCN(S(=O)(=O)c2cccc[n+]2[O-])C[C@@H]1O. The van der Waals surface area contributed by atoms with Gasteiger partial charge in [0.1, 0.15) is 0 Å². The van der Waals surface area contributed by atoms with Gasteiger partial charge in [0.25, 0.3) is 0 Å². The number of aliphatic hydroxyl groups excluding tert-OH is 1. The summed E-state index contributed by atoms with van der Waals surface area (Å²) in [7, 11) is -4.01. The van der Waals surface area contributed by atoms with Crippen LogP contribution in [-0.4, -0.2) is 49.0 Å². The van der Waals surface area contributed by atoms with Crippen LogP contribution >= 0.6 is 0 Å². The molecule has 1 fully saturated rings. The maximum Gasteiger partial charge on any atom is 0.323 e. The molecule has 1 aromatic heterocycles. The van der Waals surface area contributed by atoms with Gasteiger partial charge in [-0.3, -0.25) is 4.79 Å². The third-order valence-electron chi connectivity index (χ3n) is 4.47. The topological polar surface area (TPSA) is 114 Å². The van der Waals surface area contributed by atoms with E-state index in [1.807, 2.05) is 13.8 Å². The van der Waals surface area contributed by atoms with Crippen molar-refractivity contribution in [2.75, 3.05) is 13.1 Å². The molecule has 0 aromatic carbocycles. The first-order chi connectivity index (χ1) is 12.2. The zero-order valence-electron chi connectivity index (χ0n) is 15.2. The Morgan fingerprint density at radius 2 is 2.19 bits per heavy atom. The maximum absolute atomic E-state index is 12.7. The number of nitrogens with one attached hydrogen (secondary N) is 1. The first kappa shape index (κ1) is 20.6. The summed E-state index contributed by atoms with van der Waals surface area (Å²) >= 11 is 0. The van der Waals surface area contributed by atoms with Gasteiger partial charge >= 0.3 is 15.0 Å². The van der Waals surface area contributed by atoms with E-state index in [0.717, 1.165) is 16.9 Å². The Bertz CT molecular complexity index is 723. The summed E-state index contributed by atoms with van der Waals surface area (Å²) in [5.74, 6) is 0.268. The number of hydrogen-bond donors (Lipinski definition) is 2. The van der Waals surface area contributed by atoms with Gasteiger partial charge in [-0.05, 0) is 31.2 Å². The quantitative estimate of drug-likeness (QED) is 0.543. The number of nitrogens with zero attached hydrogens (tertiary/aromatic N) is 2. The average Bonchev–Trinajstić information content (AvgIpc) is 2.76. The molecule has 2 N–H and O–H groups in total. The Kier molecular flexibility index (Phi) is 6.96. The third-order valence-corrected chi connectivity index (χ3v) is 6.32. The Morgan fingerprint density at radius 3 is 2.85 bits per heavy atom. The van der Waals surface area contributed by atoms with Crippen LogP contribution in [0.15, 0.2) is 29.4 Å². The van der Waals surface area contributed by atoms with Crippen molar-refractivity contribution >= 4 is 15.9 Å². The van der Waals surface area contributed by atoms with Crippen LogP contribution in [0.4, 0.5) is 0 Å². The molecule has 9 heteroatoms. The lowest BCUT2D eigenvalue weighted by Crippen LogP contribution is -2.48. The van der Waals surface area contributed by atoms with Crippen molar-refractivity contribution in [3.63, 3.8) is 0 Å². The van der Waals surface area contributed by atoms with Gasteiger partial charge in [-0.25, -0.2) is 8.42 Å². The van der Waals surface area contributed by atoms with E-state index in [9.17, 15) is 23.5 Å². The van der Waals surface area contributed by atoms with E-state index in [1.54, 1.807) is 0 Å². The zero-order chi connectivity index (χ0) is 19.3. The highest BCUT2D eigenvalue weighted by molar-refractivity contribution is 7.88. The van der Waals surface area contributed by atoms with Crippen LogP contribution < -0.4 is 10.0 Å². The summed E-state index contributed by atoms with van der Waals surface area (Å²) in [5, 5.41) is 24.7. The smallest absolute Gasteiger partial charge is 0.323 e. The number of amides is 1. The van der Waals surface area contributed by atoms with Crippen LogP contribution in [0.3, 0.4) is 0 Å². The average molecular weight is 385 g/mol. The summed E-state index contributed by atoms with van der Waals surface area (Å²) in [6.45, 7) is 4.09. The molecule has 0 aliphatic carbocycles. The molecule has 1 aliphatic heterocycles. The molecule has 2 rings (SSSR count). The number of carbonyl (C=O) groups excluding carboxylic acids is 1. The normalized spacial score (nSPS) is 22.2. The van der Waals surface area contributed by atoms with Crippen molar-refractivity contribution in [1.82, 2.24) is 9.62 Å². The molecule has 1 unspecified atom stereocenters. The van der Waals surface area contributed by atoms with Crippen molar-refractivity contribution < 1.29 is 23.0 Å². The summed E-state index contributed by atoms with van der Waals surface area (Å²) < 4.78 is 26.9. The third kappa shape index (κ3) is 5.15. The first-order valence-corrected chi connectivity index (χ1v) is 10.3. The number of carbonyl (C=O) groups is 1. The molecule has 146 valence electrons. The highest BCUT2D eigenvalue weighted by Gasteiger charge is 2.36. The van der Waals surface area contributed by atoms with Crippen LogP contribution in [0.25, 0.3) is 0 Å². The van der Waals surface area contributed by atoms with Gasteiger partial charge in [0, 0.05) is 31.6 Å². The number of aliphatic hydroxyl groups is 1. The van der Waals surface area contributed by atoms with E-state index in [2.05, 4.69) is 5.32 Å². The maximum atomic E-state index is 12.7. The monoisotopic (exact) mass is 385 g/mol. The minimum atomic E-state index is -4.01. The molecular formula is C17H27N3O5S. The zero-order valence-corrected chi connectivity index (χ0v) is 16.0. The van der Waals surface area contributed by atoms with Gasteiger partial charge in [0.2, 0.25) is 5.91 Å². The Hall–Kier alpha value is -1.71. The fourth-order valence-corrected chi connectivity index (χ4v) is 4.46. The number of hydrogen-bond acceptors (Lipinski definition) is 5. The van der Waals surface area contributed by atoms with Gasteiger partial charge < -0.3 is 15.6 Å². The molecule has 26 heavy (non-hydrogen) atoms. The molecule has 1 saturated heterocycles. The van der Waals surface area contributed by atoms with E-state index in [-0.39, 0.29) is 24.0 Å². The molecule has 0 spiro atoms. The minimum Gasteiger partial charge on any atom is -0.618 e. The molecule has 1 amide bonds. The molecule has 1 aliphatic rings. The van der Waals surface area contributed by atoms with E-state index >= 15 is 0 Å². The lowest BCUT2D eigenvalue weighted by Gasteiger charge is -2.24. The predicted molar refractivity (Wildman–Crippen MR) is 95.4 cm³/mol. The standard InChI is InChI=1S/C17H27N3O5S/c1-13(2)8-9-16(22)18-14-6-5-10-19(12-15(14)21)26(24,25)17-7-3-4-11-20(17)23/h3-4,7,11,13-15,21H,5-6,8-10,12H2,1-2H3,(H,18,22)/t14?,15-/m0/s1. The fourth-order valence-electron chi connectivity index (χ4n) is 2.94. The van der Waals surface area contributed by atoms with Crippen LogP contribution in [0.2, 0.25) is 0 Å². The molecule has 8 nitrogen and oxygen atoms in total. The molecule has 0 bridgehead atoms. The number of pyridine rings is 1. The largest absolute Gasteiger partial charge is 0.618 e. The highest BCUT2D eigenvalue weighted by atomic mass is 32.2. The van der Waals surface area contributed by atoms with Gasteiger partial charge in [-0.1, -0.05) is 13.8 Å². The summed E-state index contributed by atoms with van der Waals surface area (Å²) in [5.41, 5.74) is 0. The van der Waals surface area contributed by atoms with E-state index in [0.29, 0.717) is 29.9 Å². The van der Waals surface area contributed by atoms with Crippen LogP contribution in [0.1, 0.15) is 39.5 Å².